The van der Waals surface area contributed by atoms with E-state index in [2.05, 4.69) is 0 Å². The van der Waals surface area contributed by atoms with E-state index in [4.69, 9.17) is 24.9 Å². The number of hydrogen-bond acceptors (Lipinski definition) is 3. The number of benzene rings is 1. The maximum atomic E-state index is 10.6. The number of phenolic OH excluding ortho intramolecular Hbond substituents is 1. The predicted octanol–water partition coefficient (Wildman–Crippen LogP) is 2.66. The number of phenols is 1. The summed E-state index contributed by atoms with van der Waals surface area (Å²) in [6.07, 6.45) is -10.2. The number of rotatable bonds is 0. The van der Waals surface area contributed by atoms with E-state index in [-0.39, 0.29) is 0 Å². The maximum Gasteiger partial charge on any atom is 0.490 e. The third-order valence-electron chi connectivity index (χ3n) is 1.24. The molecule has 0 saturated carbocycles. The van der Waals surface area contributed by atoms with Crippen LogP contribution in [0.15, 0.2) is 30.3 Å². The van der Waals surface area contributed by atoms with E-state index in [0.29, 0.717) is 5.75 Å². The van der Waals surface area contributed by atoms with Gasteiger partial charge in [0.25, 0.3) is 0 Å². The Morgan fingerprint density at radius 1 is 0.762 bits per heavy atom. The molecule has 5 nitrogen and oxygen atoms in total. The summed E-state index contributed by atoms with van der Waals surface area (Å²) in [4.78, 5) is 17.8. The first-order valence-electron chi connectivity index (χ1n) is 4.62. The molecule has 21 heavy (non-hydrogen) atoms. The number of carbonyl (C=O) groups is 2. The Bertz CT molecular complexity index is 415. The highest BCUT2D eigenvalue weighted by Gasteiger charge is 2.38. The average molecular weight is 322 g/mol. The maximum absolute atomic E-state index is 10.6. The van der Waals surface area contributed by atoms with Crippen molar-refractivity contribution in [1.29, 1.82) is 0 Å². The van der Waals surface area contributed by atoms with Gasteiger partial charge < -0.3 is 15.3 Å². The van der Waals surface area contributed by atoms with Crippen LogP contribution in [0.3, 0.4) is 0 Å². The molecule has 0 unspecified atom stereocenters. The van der Waals surface area contributed by atoms with Crippen molar-refractivity contribution in [2.75, 3.05) is 0 Å². The fraction of sp³-hybridized carbons (Fsp3) is 0.200. The molecule has 1 aromatic carbocycles. The number of para-hydroxylation sites is 1. The fourth-order valence-electron chi connectivity index (χ4n) is 0.428. The van der Waals surface area contributed by atoms with Crippen LogP contribution in [0.4, 0.5) is 26.3 Å². The van der Waals surface area contributed by atoms with Gasteiger partial charge >= 0.3 is 24.3 Å². The van der Waals surface area contributed by atoms with Gasteiger partial charge in [0.1, 0.15) is 5.75 Å². The second-order valence-electron chi connectivity index (χ2n) is 2.94. The van der Waals surface area contributed by atoms with E-state index >= 15 is 0 Å². The lowest BCUT2D eigenvalue weighted by atomic mass is 10.3. The third-order valence-corrected chi connectivity index (χ3v) is 1.24. The van der Waals surface area contributed by atoms with Gasteiger partial charge in [-0.2, -0.15) is 26.3 Å². The highest BCUT2D eigenvalue weighted by Crippen LogP contribution is 2.13. The van der Waals surface area contributed by atoms with Crippen molar-refractivity contribution in [3.63, 3.8) is 0 Å². The molecule has 11 heteroatoms. The summed E-state index contributed by atoms with van der Waals surface area (Å²) in [5.41, 5.74) is 0. The van der Waals surface area contributed by atoms with Crippen LogP contribution in [0.2, 0.25) is 0 Å². The largest absolute Gasteiger partial charge is 0.508 e. The van der Waals surface area contributed by atoms with E-state index in [1.54, 1.807) is 24.3 Å². The number of hydrogen-bond donors (Lipinski definition) is 3. The Morgan fingerprint density at radius 3 is 1.10 bits per heavy atom. The highest BCUT2D eigenvalue weighted by atomic mass is 19.4. The van der Waals surface area contributed by atoms with E-state index in [0.717, 1.165) is 0 Å². The van der Waals surface area contributed by atoms with E-state index < -0.39 is 24.3 Å². The second-order valence-corrected chi connectivity index (χ2v) is 2.94. The SMILES string of the molecule is O=C(O)C(F)(F)F.O=C(O)C(F)(F)F.Oc1ccccc1. The van der Waals surface area contributed by atoms with Crippen LogP contribution in [-0.2, 0) is 9.59 Å². The average Bonchev–Trinajstić information content (AvgIpc) is 2.28. The smallest absolute Gasteiger partial charge is 0.490 e. The van der Waals surface area contributed by atoms with Gasteiger partial charge in [0.05, 0.1) is 0 Å². The quantitative estimate of drug-likeness (QED) is 0.638. The molecule has 120 valence electrons. The van der Waals surface area contributed by atoms with Gasteiger partial charge in [0.2, 0.25) is 0 Å². The lowest BCUT2D eigenvalue weighted by Gasteiger charge is -1.93. The topological polar surface area (TPSA) is 94.8 Å². The lowest BCUT2D eigenvalue weighted by Crippen LogP contribution is -2.21. The van der Waals surface area contributed by atoms with Gasteiger partial charge in [0.15, 0.2) is 0 Å². The van der Waals surface area contributed by atoms with Gasteiger partial charge in [-0.05, 0) is 12.1 Å². The Labute approximate surface area is 113 Å². The van der Waals surface area contributed by atoms with Crippen LogP contribution in [0.25, 0.3) is 0 Å². The van der Waals surface area contributed by atoms with Crippen molar-refractivity contribution in [3.05, 3.63) is 30.3 Å². The normalized spacial score (nSPS) is 10.4. The van der Waals surface area contributed by atoms with Crippen molar-refractivity contribution in [2.24, 2.45) is 0 Å². The molecule has 0 radical (unpaired) electrons. The number of carboxylic acid groups (broad SMARTS) is 2. The lowest BCUT2D eigenvalue weighted by molar-refractivity contribution is -0.193. The molecule has 0 heterocycles. The predicted molar refractivity (Wildman–Crippen MR) is 55.5 cm³/mol. The minimum absolute atomic E-state index is 0.322. The van der Waals surface area contributed by atoms with Crippen molar-refractivity contribution >= 4 is 11.9 Å². The fourth-order valence-corrected chi connectivity index (χ4v) is 0.428. The summed E-state index contributed by atoms with van der Waals surface area (Å²) in [5.74, 6) is -5.19. The molecule has 1 aromatic rings. The third kappa shape index (κ3) is 13.8. The summed E-state index contributed by atoms with van der Waals surface area (Å²) in [7, 11) is 0. The zero-order chi connectivity index (χ0) is 17.3. The number of alkyl halides is 6. The Hall–Kier alpha value is -2.46. The van der Waals surface area contributed by atoms with E-state index in [1.165, 1.54) is 0 Å². The number of halogens is 6. The standard InChI is InChI=1S/C6H6O.2C2HF3O2/c7-6-4-2-1-3-5-6;2*3-2(4,5)1(6)7/h1-5,7H;2*(H,6,7). The Balaban J connectivity index is 0. The molecule has 0 atom stereocenters. The first-order chi connectivity index (χ1) is 9.28. The number of aromatic hydroxyl groups is 1. The first-order valence-corrected chi connectivity index (χ1v) is 4.62. The van der Waals surface area contributed by atoms with Crippen LogP contribution in [0.1, 0.15) is 0 Å². The summed E-state index contributed by atoms with van der Waals surface area (Å²) in [6.45, 7) is 0. The molecule has 0 fully saturated rings. The minimum Gasteiger partial charge on any atom is -0.508 e. The monoisotopic (exact) mass is 322 g/mol. The molecular weight excluding hydrogens is 314 g/mol. The summed E-state index contributed by atoms with van der Waals surface area (Å²) >= 11 is 0. The van der Waals surface area contributed by atoms with Crippen molar-refractivity contribution in [3.8, 4) is 5.75 Å². The molecular formula is C10H8F6O5. The van der Waals surface area contributed by atoms with Gasteiger partial charge in [-0.15, -0.1) is 0 Å². The molecule has 0 aliphatic rings. The highest BCUT2D eigenvalue weighted by molar-refractivity contribution is 5.73. The number of carboxylic acids is 2. The molecule has 0 bridgehead atoms. The van der Waals surface area contributed by atoms with Gasteiger partial charge in [-0.1, -0.05) is 18.2 Å². The van der Waals surface area contributed by atoms with Crippen LogP contribution in [-0.4, -0.2) is 39.6 Å². The van der Waals surface area contributed by atoms with E-state index in [1.807, 2.05) is 6.07 Å². The van der Waals surface area contributed by atoms with Crippen LogP contribution < -0.4 is 0 Å². The minimum atomic E-state index is -5.08. The first kappa shape index (κ1) is 20.8. The van der Waals surface area contributed by atoms with Crippen molar-refractivity contribution in [1.82, 2.24) is 0 Å². The van der Waals surface area contributed by atoms with Crippen LogP contribution >= 0.6 is 0 Å². The Morgan fingerprint density at radius 2 is 1.00 bits per heavy atom. The summed E-state index contributed by atoms with van der Waals surface area (Å²) in [5, 5.41) is 22.9. The van der Waals surface area contributed by atoms with Crippen LogP contribution in [0, 0.1) is 0 Å². The zero-order valence-electron chi connectivity index (χ0n) is 9.81. The zero-order valence-corrected chi connectivity index (χ0v) is 9.81. The molecule has 0 aliphatic carbocycles. The molecule has 0 spiro atoms. The van der Waals surface area contributed by atoms with E-state index in [9.17, 15) is 26.3 Å². The molecule has 0 aliphatic heterocycles. The second kappa shape index (κ2) is 8.66. The van der Waals surface area contributed by atoms with Gasteiger partial charge in [-0.3, -0.25) is 0 Å². The Kier molecular flexibility index (Phi) is 8.60. The number of aliphatic carboxylic acids is 2. The molecule has 0 saturated heterocycles. The van der Waals surface area contributed by atoms with Gasteiger partial charge in [0, 0.05) is 0 Å². The van der Waals surface area contributed by atoms with Gasteiger partial charge in [-0.25, -0.2) is 9.59 Å². The van der Waals surface area contributed by atoms with Crippen LogP contribution in [0.5, 0.6) is 5.75 Å². The summed E-state index contributed by atoms with van der Waals surface area (Å²) < 4.78 is 63.5. The summed E-state index contributed by atoms with van der Waals surface area (Å²) in [6, 6.07) is 8.71. The molecule has 1 rings (SSSR count). The van der Waals surface area contributed by atoms with Crippen molar-refractivity contribution in [2.45, 2.75) is 12.4 Å². The molecule has 0 aromatic heterocycles. The van der Waals surface area contributed by atoms with Crippen molar-refractivity contribution < 1.29 is 51.3 Å². The molecule has 0 amide bonds. The molecule has 3 N–H and O–H groups in total.